The number of rotatable bonds is 3. The van der Waals surface area contributed by atoms with Gasteiger partial charge in [0.25, 0.3) is 5.91 Å². The highest BCUT2D eigenvalue weighted by molar-refractivity contribution is 9.10. The van der Waals surface area contributed by atoms with E-state index in [4.69, 9.17) is 4.74 Å². The molecule has 0 saturated heterocycles. The molecule has 3 rings (SSSR count). The molecule has 2 aromatic rings. The van der Waals surface area contributed by atoms with Gasteiger partial charge in [-0.05, 0) is 36.4 Å². The Hall–Kier alpha value is -2.29. The molecule has 4 nitrogen and oxygen atoms in total. The number of halogens is 5. The summed E-state index contributed by atoms with van der Waals surface area (Å²) in [4.78, 5) is 14.0. The van der Waals surface area contributed by atoms with Crippen molar-refractivity contribution in [3.63, 3.8) is 0 Å². The number of fused-ring (bicyclic) bond motifs is 1. The van der Waals surface area contributed by atoms with E-state index in [1.54, 1.807) is 18.2 Å². The van der Waals surface area contributed by atoms with Crippen LogP contribution in [0.1, 0.15) is 15.9 Å². The van der Waals surface area contributed by atoms with E-state index in [1.807, 2.05) is 0 Å². The van der Waals surface area contributed by atoms with E-state index in [0.717, 1.165) is 18.2 Å². The normalized spacial score (nSPS) is 14.5. The monoisotopic (exact) mass is 433 g/mol. The molecule has 138 valence electrons. The van der Waals surface area contributed by atoms with Gasteiger partial charge in [0.2, 0.25) is 0 Å². The number of benzene rings is 2. The number of hydrogen-bond donors (Lipinski definition) is 0. The summed E-state index contributed by atoms with van der Waals surface area (Å²) in [7, 11) is 0. The predicted octanol–water partition coefficient (Wildman–Crippen LogP) is 4.52. The minimum Gasteiger partial charge on any atom is -0.491 e. The van der Waals surface area contributed by atoms with Gasteiger partial charge in [-0.25, -0.2) is 4.39 Å². The third kappa shape index (κ3) is 4.27. The third-order valence-electron chi connectivity index (χ3n) is 3.69. The zero-order chi connectivity index (χ0) is 18.9. The van der Waals surface area contributed by atoms with Gasteiger partial charge in [-0.3, -0.25) is 4.79 Å². The van der Waals surface area contributed by atoms with Crippen molar-refractivity contribution in [1.82, 2.24) is 4.90 Å². The fourth-order valence-electron chi connectivity index (χ4n) is 2.56. The first-order valence-corrected chi connectivity index (χ1v) is 8.28. The lowest BCUT2D eigenvalue weighted by Crippen LogP contribution is -2.32. The molecule has 1 aliphatic heterocycles. The van der Waals surface area contributed by atoms with E-state index >= 15 is 0 Å². The molecular weight excluding hydrogens is 422 g/mol. The lowest BCUT2D eigenvalue weighted by molar-refractivity contribution is -0.274. The van der Waals surface area contributed by atoms with Gasteiger partial charge in [0, 0.05) is 16.6 Å². The van der Waals surface area contributed by atoms with E-state index in [-0.39, 0.29) is 25.3 Å². The molecule has 0 fully saturated rings. The molecule has 0 saturated carbocycles. The minimum absolute atomic E-state index is 0.0847. The minimum atomic E-state index is -4.88. The highest BCUT2D eigenvalue weighted by Gasteiger charge is 2.31. The highest BCUT2D eigenvalue weighted by atomic mass is 79.9. The molecule has 9 heteroatoms. The molecule has 1 heterocycles. The summed E-state index contributed by atoms with van der Waals surface area (Å²) in [5.41, 5.74) is 0.207. The molecule has 1 aliphatic rings. The summed E-state index contributed by atoms with van der Waals surface area (Å²) < 4.78 is 61.1. The number of carbonyl (C=O) groups excluding carboxylic acids is 1. The summed E-state index contributed by atoms with van der Waals surface area (Å²) in [5, 5.41) is 0. The molecule has 0 bridgehead atoms. The first kappa shape index (κ1) is 18.5. The van der Waals surface area contributed by atoms with Crippen molar-refractivity contribution in [2.45, 2.75) is 12.9 Å². The van der Waals surface area contributed by atoms with Gasteiger partial charge in [0.05, 0.1) is 12.1 Å². The van der Waals surface area contributed by atoms with Crippen LogP contribution in [0.3, 0.4) is 0 Å². The van der Waals surface area contributed by atoms with Crippen LogP contribution in [0.2, 0.25) is 0 Å². The second-order valence-corrected chi connectivity index (χ2v) is 6.43. The van der Waals surface area contributed by atoms with E-state index in [1.165, 1.54) is 4.90 Å². The SMILES string of the molecule is O=C1c2cc(Br)ccc2OCCN1Cc1cc(OC(F)(F)F)ccc1F. The van der Waals surface area contributed by atoms with Crippen molar-refractivity contribution in [1.29, 1.82) is 0 Å². The Morgan fingerprint density at radius 2 is 1.96 bits per heavy atom. The molecule has 26 heavy (non-hydrogen) atoms. The van der Waals surface area contributed by atoms with Crippen molar-refractivity contribution in [3.05, 3.63) is 57.8 Å². The van der Waals surface area contributed by atoms with Gasteiger partial charge >= 0.3 is 6.36 Å². The number of hydrogen-bond acceptors (Lipinski definition) is 3. The molecule has 0 aliphatic carbocycles. The number of nitrogens with zero attached hydrogens (tertiary/aromatic N) is 1. The molecule has 2 aromatic carbocycles. The molecule has 0 spiro atoms. The van der Waals surface area contributed by atoms with E-state index < -0.39 is 23.8 Å². The topological polar surface area (TPSA) is 38.8 Å². The second-order valence-electron chi connectivity index (χ2n) is 5.52. The maximum absolute atomic E-state index is 14.0. The molecule has 0 aromatic heterocycles. The number of alkyl halides is 3. The lowest BCUT2D eigenvalue weighted by atomic mass is 10.1. The summed E-state index contributed by atoms with van der Waals surface area (Å²) >= 11 is 3.27. The van der Waals surface area contributed by atoms with E-state index in [0.29, 0.717) is 15.8 Å². The quantitative estimate of drug-likeness (QED) is 0.667. The largest absolute Gasteiger partial charge is 0.573 e. The van der Waals surface area contributed by atoms with Gasteiger partial charge in [0.15, 0.2) is 0 Å². The second kappa shape index (κ2) is 7.14. The van der Waals surface area contributed by atoms with Crippen LogP contribution in [0.25, 0.3) is 0 Å². The first-order valence-electron chi connectivity index (χ1n) is 7.49. The summed E-state index contributed by atoms with van der Waals surface area (Å²) in [5.74, 6) is -1.28. The molecule has 0 N–H and O–H groups in total. The fourth-order valence-corrected chi connectivity index (χ4v) is 2.92. The Bertz CT molecular complexity index is 841. The van der Waals surface area contributed by atoms with Crippen molar-refractivity contribution in [2.75, 3.05) is 13.2 Å². The molecule has 0 radical (unpaired) electrons. The zero-order valence-corrected chi connectivity index (χ0v) is 14.7. The Labute approximate surface area is 154 Å². The van der Waals surface area contributed by atoms with Crippen LogP contribution >= 0.6 is 15.9 Å². The van der Waals surface area contributed by atoms with E-state index in [2.05, 4.69) is 20.7 Å². The zero-order valence-electron chi connectivity index (χ0n) is 13.1. The maximum atomic E-state index is 14.0. The summed E-state index contributed by atoms with van der Waals surface area (Å²) in [6, 6.07) is 7.63. The Morgan fingerprint density at radius 1 is 1.19 bits per heavy atom. The number of amides is 1. The van der Waals surface area contributed by atoms with Crippen molar-refractivity contribution in [2.24, 2.45) is 0 Å². The van der Waals surface area contributed by atoms with Gasteiger partial charge in [-0.15, -0.1) is 13.2 Å². The fraction of sp³-hybridized carbons (Fsp3) is 0.235. The summed E-state index contributed by atoms with van der Waals surface area (Å²) in [6.45, 7) is 0.130. The lowest BCUT2D eigenvalue weighted by Gasteiger charge is -2.21. The average molecular weight is 434 g/mol. The standard InChI is InChI=1S/C17H12BrF4NO3/c18-11-1-4-15-13(8-11)16(24)23(5-6-25-15)9-10-7-12(2-3-14(10)19)26-17(20,21)22/h1-4,7-8H,5-6,9H2. The predicted molar refractivity (Wildman–Crippen MR) is 87.5 cm³/mol. The number of carbonyl (C=O) groups is 1. The molecular formula is C17H12BrF4NO3. The van der Waals surface area contributed by atoms with Gasteiger partial charge in [0.1, 0.15) is 23.9 Å². The average Bonchev–Trinajstić information content (AvgIpc) is 2.69. The van der Waals surface area contributed by atoms with Gasteiger partial charge in [-0.2, -0.15) is 0 Å². The van der Waals surface area contributed by atoms with Crippen molar-refractivity contribution < 1.29 is 31.8 Å². The van der Waals surface area contributed by atoms with Crippen LogP contribution in [0, 0.1) is 5.82 Å². The van der Waals surface area contributed by atoms with Crippen LogP contribution in [0.5, 0.6) is 11.5 Å². The molecule has 0 atom stereocenters. The van der Waals surface area contributed by atoms with Crippen LogP contribution < -0.4 is 9.47 Å². The molecule has 0 unspecified atom stereocenters. The van der Waals surface area contributed by atoms with Crippen LogP contribution in [0.15, 0.2) is 40.9 Å². The van der Waals surface area contributed by atoms with Gasteiger partial charge < -0.3 is 14.4 Å². The first-order chi connectivity index (χ1) is 12.2. The molecule has 1 amide bonds. The van der Waals surface area contributed by atoms with Crippen LogP contribution in [0.4, 0.5) is 17.6 Å². The van der Waals surface area contributed by atoms with Crippen LogP contribution in [-0.2, 0) is 6.54 Å². The smallest absolute Gasteiger partial charge is 0.491 e. The van der Waals surface area contributed by atoms with Crippen molar-refractivity contribution >= 4 is 21.8 Å². The maximum Gasteiger partial charge on any atom is 0.573 e. The summed E-state index contributed by atoms with van der Waals surface area (Å²) in [6.07, 6.45) is -4.88. The van der Waals surface area contributed by atoms with E-state index in [9.17, 15) is 22.4 Å². The van der Waals surface area contributed by atoms with Crippen molar-refractivity contribution in [3.8, 4) is 11.5 Å². The van der Waals surface area contributed by atoms with Crippen LogP contribution in [-0.4, -0.2) is 30.3 Å². The number of ether oxygens (including phenoxy) is 2. The Kier molecular flexibility index (Phi) is 5.08. The third-order valence-corrected chi connectivity index (χ3v) is 4.18. The Morgan fingerprint density at radius 3 is 2.69 bits per heavy atom. The highest BCUT2D eigenvalue weighted by Crippen LogP contribution is 2.29. The Balaban J connectivity index is 1.86. The van der Waals surface area contributed by atoms with Gasteiger partial charge in [-0.1, -0.05) is 15.9 Å².